The van der Waals surface area contributed by atoms with Gasteiger partial charge in [0, 0.05) is 18.7 Å². The van der Waals surface area contributed by atoms with Crippen LogP contribution in [0, 0.1) is 5.92 Å². The van der Waals surface area contributed by atoms with Crippen LogP contribution in [0.15, 0.2) is 33.6 Å². The fourth-order valence-corrected chi connectivity index (χ4v) is 4.85. The SMILES string of the molecule is C[C@@H]1CCCC[C@H]1NC(=O)COC(=O)CN(C)C1=NS(=O)(=O)c2ccccc21. The highest BCUT2D eigenvalue weighted by Gasteiger charge is 2.31. The van der Waals surface area contributed by atoms with Gasteiger partial charge in [0.25, 0.3) is 15.9 Å². The maximum atomic E-state index is 12.1. The number of amidine groups is 1. The summed E-state index contributed by atoms with van der Waals surface area (Å²) in [5.74, 6) is -0.338. The Morgan fingerprint density at radius 1 is 1.25 bits per heavy atom. The molecule has 0 radical (unpaired) electrons. The van der Waals surface area contributed by atoms with Gasteiger partial charge in [-0.05, 0) is 30.9 Å². The number of ether oxygens (including phenoxy) is 1. The number of fused-ring (bicyclic) bond motifs is 1. The van der Waals surface area contributed by atoms with Crippen LogP contribution in [-0.2, 0) is 24.3 Å². The van der Waals surface area contributed by atoms with Gasteiger partial charge in [-0.15, -0.1) is 4.40 Å². The van der Waals surface area contributed by atoms with E-state index >= 15 is 0 Å². The van der Waals surface area contributed by atoms with Gasteiger partial charge >= 0.3 is 5.97 Å². The van der Waals surface area contributed by atoms with Crippen molar-refractivity contribution < 1.29 is 22.7 Å². The van der Waals surface area contributed by atoms with E-state index in [-0.39, 0.29) is 35.8 Å². The van der Waals surface area contributed by atoms with Crippen LogP contribution in [-0.4, -0.2) is 57.3 Å². The molecule has 1 aromatic carbocycles. The van der Waals surface area contributed by atoms with Gasteiger partial charge < -0.3 is 15.0 Å². The van der Waals surface area contributed by atoms with Gasteiger partial charge in [0.2, 0.25) is 0 Å². The largest absolute Gasteiger partial charge is 0.454 e. The lowest BCUT2D eigenvalue weighted by Crippen LogP contribution is -2.43. The van der Waals surface area contributed by atoms with Crippen molar-refractivity contribution in [2.45, 2.75) is 43.5 Å². The van der Waals surface area contributed by atoms with Gasteiger partial charge in [-0.1, -0.05) is 31.9 Å². The summed E-state index contributed by atoms with van der Waals surface area (Å²) in [7, 11) is -2.20. The molecule has 8 nitrogen and oxygen atoms in total. The molecule has 0 bridgehead atoms. The predicted molar refractivity (Wildman–Crippen MR) is 103 cm³/mol. The summed E-state index contributed by atoms with van der Waals surface area (Å²) in [6.45, 7) is 1.55. The van der Waals surface area contributed by atoms with E-state index in [4.69, 9.17) is 4.74 Å². The third kappa shape index (κ3) is 4.52. The minimum atomic E-state index is -3.75. The number of benzene rings is 1. The second-order valence-corrected chi connectivity index (χ2v) is 8.91. The number of sulfonamides is 1. The molecule has 1 amide bonds. The van der Waals surface area contributed by atoms with Gasteiger partial charge in [-0.3, -0.25) is 9.59 Å². The molecule has 0 unspecified atom stereocenters. The molecule has 28 heavy (non-hydrogen) atoms. The number of carbonyl (C=O) groups excluding carboxylic acids is 2. The Bertz CT molecular complexity index is 897. The Labute approximate surface area is 165 Å². The van der Waals surface area contributed by atoms with Crippen molar-refractivity contribution in [1.82, 2.24) is 10.2 Å². The molecule has 1 fully saturated rings. The van der Waals surface area contributed by atoms with Crippen LogP contribution in [0.4, 0.5) is 0 Å². The van der Waals surface area contributed by atoms with Gasteiger partial charge in [-0.2, -0.15) is 8.42 Å². The van der Waals surface area contributed by atoms with Crippen LogP contribution in [0.2, 0.25) is 0 Å². The van der Waals surface area contributed by atoms with Crippen LogP contribution in [0.3, 0.4) is 0 Å². The van der Waals surface area contributed by atoms with Crippen LogP contribution in [0.1, 0.15) is 38.2 Å². The first-order valence-electron chi connectivity index (χ1n) is 9.38. The Hall–Kier alpha value is -2.42. The summed E-state index contributed by atoms with van der Waals surface area (Å²) < 4.78 is 33.0. The molecular formula is C19H25N3O5S. The molecule has 0 aromatic heterocycles. The van der Waals surface area contributed by atoms with Crippen LogP contribution in [0.5, 0.6) is 0 Å². The molecule has 1 saturated carbocycles. The number of nitrogens with zero attached hydrogens (tertiary/aromatic N) is 2. The molecule has 2 atom stereocenters. The summed E-state index contributed by atoms with van der Waals surface area (Å²) in [5.41, 5.74) is 0.446. The van der Waals surface area contributed by atoms with E-state index in [0.29, 0.717) is 11.5 Å². The van der Waals surface area contributed by atoms with Crippen molar-refractivity contribution in [3.8, 4) is 0 Å². The van der Waals surface area contributed by atoms with E-state index in [2.05, 4.69) is 16.6 Å². The quantitative estimate of drug-likeness (QED) is 0.738. The number of hydrogen-bond acceptors (Lipinski definition) is 6. The van der Waals surface area contributed by atoms with E-state index in [9.17, 15) is 18.0 Å². The molecule has 9 heteroatoms. The Kier molecular flexibility index (Phi) is 6.02. The highest BCUT2D eigenvalue weighted by molar-refractivity contribution is 7.90. The molecule has 1 heterocycles. The average Bonchev–Trinajstić information content (AvgIpc) is 2.94. The van der Waals surface area contributed by atoms with Crippen molar-refractivity contribution in [2.24, 2.45) is 10.3 Å². The molecule has 0 spiro atoms. The molecule has 1 aliphatic heterocycles. The summed E-state index contributed by atoms with van der Waals surface area (Å²) in [4.78, 5) is 25.7. The van der Waals surface area contributed by atoms with Crippen molar-refractivity contribution in [2.75, 3.05) is 20.2 Å². The lowest BCUT2D eigenvalue weighted by atomic mass is 9.86. The van der Waals surface area contributed by atoms with E-state index in [0.717, 1.165) is 19.3 Å². The molecule has 0 saturated heterocycles. The fraction of sp³-hybridized carbons (Fsp3) is 0.526. The first-order chi connectivity index (χ1) is 13.3. The van der Waals surface area contributed by atoms with Crippen molar-refractivity contribution in [1.29, 1.82) is 0 Å². The Morgan fingerprint density at radius 3 is 2.71 bits per heavy atom. The zero-order valence-corrected chi connectivity index (χ0v) is 16.9. The number of amides is 1. The number of likely N-dealkylation sites (N-methyl/N-ethyl adjacent to an activating group) is 1. The predicted octanol–water partition coefficient (Wildman–Crippen LogP) is 1.31. The molecule has 152 valence electrons. The lowest BCUT2D eigenvalue weighted by Gasteiger charge is -2.29. The van der Waals surface area contributed by atoms with Crippen molar-refractivity contribution in [3.63, 3.8) is 0 Å². The maximum Gasteiger partial charge on any atom is 0.326 e. The first-order valence-corrected chi connectivity index (χ1v) is 10.8. The molecule has 3 rings (SSSR count). The highest BCUT2D eigenvalue weighted by atomic mass is 32.2. The number of esters is 1. The van der Waals surface area contributed by atoms with Gasteiger partial charge in [0.05, 0.1) is 0 Å². The Morgan fingerprint density at radius 2 is 1.96 bits per heavy atom. The average molecular weight is 407 g/mol. The number of hydrogen-bond donors (Lipinski definition) is 1. The smallest absolute Gasteiger partial charge is 0.326 e. The van der Waals surface area contributed by atoms with E-state index in [1.54, 1.807) is 25.2 Å². The van der Waals surface area contributed by atoms with Crippen LogP contribution < -0.4 is 5.32 Å². The van der Waals surface area contributed by atoms with Gasteiger partial charge in [0.15, 0.2) is 12.4 Å². The Balaban J connectivity index is 1.52. The molecule has 1 aromatic rings. The zero-order chi connectivity index (χ0) is 20.3. The monoisotopic (exact) mass is 407 g/mol. The summed E-state index contributed by atoms with van der Waals surface area (Å²) in [6.07, 6.45) is 4.29. The summed E-state index contributed by atoms with van der Waals surface area (Å²) in [6, 6.07) is 6.56. The number of nitrogens with one attached hydrogen (secondary N) is 1. The first kappa shape index (κ1) is 20.3. The van der Waals surface area contributed by atoms with Gasteiger partial charge in [0.1, 0.15) is 11.4 Å². The summed E-state index contributed by atoms with van der Waals surface area (Å²) >= 11 is 0. The standard InChI is InChI=1S/C19H25N3O5S/c1-13-7-3-5-9-15(13)20-17(23)12-27-18(24)11-22(2)19-14-8-4-6-10-16(14)28(25,26)21-19/h4,6,8,10,13,15H,3,5,7,9,11-12H2,1-2H3,(H,20,23)/t13-,15-/m1/s1. The molecule has 1 N–H and O–H groups in total. The molecule has 1 aliphatic carbocycles. The molecular weight excluding hydrogens is 382 g/mol. The molecule has 2 aliphatic rings. The second kappa shape index (κ2) is 8.30. The number of carbonyl (C=O) groups is 2. The minimum Gasteiger partial charge on any atom is -0.454 e. The fourth-order valence-electron chi connectivity index (χ4n) is 3.60. The lowest BCUT2D eigenvalue weighted by molar-refractivity contribution is -0.149. The normalized spacial score (nSPS) is 22.7. The zero-order valence-electron chi connectivity index (χ0n) is 16.1. The van der Waals surface area contributed by atoms with Crippen LogP contribution >= 0.6 is 0 Å². The van der Waals surface area contributed by atoms with Crippen molar-refractivity contribution in [3.05, 3.63) is 29.8 Å². The number of rotatable bonds is 5. The van der Waals surface area contributed by atoms with Crippen molar-refractivity contribution >= 4 is 27.7 Å². The minimum absolute atomic E-state index is 0.117. The topological polar surface area (TPSA) is 105 Å². The van der Waals surface area contributed by atoms with Gasteiger partial charge in [-0.25, -0.2) is 0 Å². The summed E-state index contributed by atoms with van der Waals surface area (Å²) in [5, 5.41) is 2.92. The maximum absolute atomic E-state index is 12.1. The second-order valence-electron chi connectivity index (χ2n) is 7.34. The van der Waals surface area contributed by atoms with E-state index in [1.165, 1.54) is 17.4 Å². The third-order valence-corrected chi connectivity index (χ3v) is 6.49. The van der Waals surface area contributed by atoms with Crippen LogP contribution in [0.25, 0.3) is 0 Å². The highest BCUT2D eigenvalue weighted by Crippen LogP contribution is 2.27. The van der Waals surface area contributed by atoms with E-state index in [1.807, 2.05) is 0 Å². The van der Waals surface area contributed by atoms with E-state index < -0.39 is 16.0 Å². The third-order valence-electron chi connectivity index (χ3n) is 5.16.